The number of likely N-dealkylation sites (tertiary alicyclic amines) is 1. The Morgan fingerprint density at radius 1 is 1.35 bits per heavy atom. The predicted molar refractivity (Wildman–Crippen MR) is 118 cm³/mol. The summed E-state index contributed by atoms with van der Waals surface area (Å²) < 4.78 is 38.9. The van der Waals surface area contributed by atoms with Gasteiger partial charge in [-0.05, 0) is 31.9 Å². The number of carbonyl (C=O) groups excluding carboxylic acids is 2. The Kier molecular flexibility index (Phi) is 8.71. The highest BCUT2D eigenvalue weighted by Crippen LogP contribution is 2.22. The number of halogens is 1. The SMILES string of the molecule is CCOC[C@@H](C(=O)N1CCOCC1)N1CC[C@H](NS(=O)(=O)CCc2ccc(Cl)s2)C1=O. The first-order chi connectivity index (χ1) is 14.8. The molecule has 2 atom stereocenters. The van der Waals surface area contributed by atoms with Crippen molar-refractivity contribution in [3.05, 3.63) is 21.3 Å². The number of sulfonamides is 1. The van der Waals surface area contributed by atoms with Crippen molar-refractivity contribution < 1.29 is 27.5 Å². The molecule has 2 fully saturated rings. The maximum absolute atomic E-state index is 13.0. The Morgan fingerprint density at radius 2 is 2.10 bits per heavy atom. The quantitative estimate of drug-likeness (QED) is 0.515. The number of rotatable bonds is 10. The minimum Gasteiger partial charge on any atom is -0.379 e. The van der Waals surface area contributed by atoms with Crippen LogP contribution in [-0.4, -0.2) is 93.9 Å². The zero-order chi connectivity index (χ0) is 22.4. The van der Waals surface area contributed by atoms with Crippen molar-refractivity contribution in [3.8, 4) is 0 Å². The number of ether oxygens (including phenoxy) is 2. The number of amides is 2. The van der Waals surface area contributed by atoms with E-state index in [1.165, 1.54) is 16.2 Å². The lowest BCUT2D eigenvalue weighted by molar-refractivity contribution is -0.149. The summed E-state index contributed by atoms with van der Waals surface area (Å²) in [7, 11) is -3.67. The highest BCUT2D eigenvalue weighted by atomic mass is 35.5. The van der Waals surface area contributed by atoms with Gasteiger partial charge in [0.2, 0.25) is 21.8 Å². The summed E-state index contributed by atoms with van der Waals surface area (Å²) in [4.78, 5) is 30.0. The molecule has 9 nitrogen and oxygen atoms in total. The molecule has 0 radical (unpaired) electrons. The highest BCUT2D eigenvalue weighted by molar-refractivity contribution is 7.89. The summed E-state index contributed by atoms with van der Waals surface area (Å²) in [5.41, 5.74) is 0. The molecule has 2 aliphatic heterocycles. The van der Waals surface area contributed by atoms with Gasteiger partial charge in [0.15, 0.2) is 0 Å². The lowest BCUT2D eigenvalue weighted by atomic mass is 10.2. The molecule has 3 heterocycles. The van der Waals surface area contributed by atoms with Gasteiger partial charge in [-0.2, -0.15) is 0 Å². The van der Waals surface area contributed by atoms with Gasteiger partial charge >= 0.3 is 0 Å². The van der Waals surface area contributed by atoms with Crippen LogP contribution in [0, 0.1) is 0 Å². The second-order valence-electron chi connectivity index (χ2n) is 7.38. The van der Waals surface area contributed by atoms with Crippen molar-refractivity contribution in [1.82, 2.24) is 14.5 Å². The molecule has 3 rings (SSSR count). The maximum Gasteiger partial charge on any atom is 0.247 e. The Labute approximate surface area is 191 Å². The lowest BCUT2D eigenvalue weighted by Crippen LogP contribution is -2.55. The molecule has 0 saturated carbocycles. The van der Waals surface area contributed by atoms with Crippen LogP contribution in [0.2, 0.25) is 4.34 Å². The molecule has 1 N–H and O–H groups in total. The largest absolute Gasteiger partial charge is 0.379 e. The fourth-order valence-electron chi connectivity index (χ4n) is 3.64. The minimum absolute atomic E-state index is 0.0804. The van der Waals surface area contributed by atoms with Crippen molar-refractivity contribution in [1.29, 1.82) is 0 Å². The van der Waals surface area contributed by atoms with Crippen molar-refractivity contribution in [2.75, 3.05) is 51.8 Å². The Bertz CT molecular complexity index is 872. The van der Waals surface area contributed by atoms with Gasteiger partial charge in [0.05, 0.1) is 29.9 Å². The highest BCUT2D eigenvalue weighted by Gasteiger charge is 2.42. The summed E-state index contributed by atoms with van der Waals surface area (Å²) in [6.07, 6.45) is 0.627. The van der Waals surface area contributed by atoms with Crippen molar-refractivity contribution in [2.45, 2.75) is 31.8 Å². The number of morpholine rings is 1. The summed E-state index contributed by atoms with van der Waals surface area (Å²) in [5, 5.41) is 0. The molecule has 2 saturated heterocycles. The first kappa shape index (κ1) is 24.4. The lowest BCUT2D eigenvalue weighted by Gasteiger charge is -2.34. The second-order valence-corrected chi connectivity index (χ2v) is 11.1. The average Bonchev–Trinajstić information content (AvgIpc) is 3.33. The molecular weight excluding hydrogens is 466 g/mol. The van der Waals surface area contributed by atoms with Crippen LogP contribution in [0.25, 0.3) is 0 Å². The van der Waals surface area contributed by atoms with E-state index in [-0.39, 0.29) is 18.3 Å². The van der Waals surface area contributed by atoms with Crippen LogP contribution in [0.1, 0.15) is 18.2 Å². The predicted octanol–water partition coefficient (Wildman–Crippen LogP) is 0.728. The van der Waals surface area contributed by atoms with Gasteiger partial charge in [-0.25, -0.2) is 13.1 Å². The molecule has 1 aromatic rings. The number of nitrogens with one attached hydrogen (secondary N) is 1. The number of nitrogens with zero attached hydrogens (tertiary/aromatic N) is 2. The average molecular weight is 494 g/mol. The van der Waals surface area contributed by atoms with Crippen LogP contribution in [0.3, 0.4) is 0 Å². The fourth-order valence-corrected chi connectivity index (χ4v) is 6.11. The van der Waals surface area contributed by atoms with Gasteiger partial charge in [-0.1, -0.05) is 11.6 Å². The van der Waals surface area contributed by atoms with Gasteiger partial charge in [-0.3, -0.25) is 9.59 Å². The van der Waals surface area contributed by atoms with Crippen LogP contribution >= 0.6 is 22.9 Å². The summed E-state index contributed by atoms with van der Waals surface area (Å²) in [6.45, 7) is 4.45. The molecule has 0 bridgehead atoms. The van der Waals surface area contributed by atoms with E-state index in [2.05, 4.69) is 4.72 Å². The molecule has 174 valence electrons. The Morgan fingerprint density at radius 3 is 2.74 bits per heavy atom. The molecular formula is C19H28ClN3O6S2. The van der Waals surface area contributed by atoms with E-state index in [0.29, 0.717) is 56.6 Å². The zero-order valence-electron chi connectivity index (χ0n) is 17.4. The van der Waals surface area contributed by atoms with Crippen molar-refractivity contribution in [2.24, 2.45) is 0 Å². The van der Waals surface area contributed by atoms with Crippen molar-refractivity contribution >= 4 is 44.8 Å². The first-order valence-corrected chi connectivity index (χ1v) is 13.1. The van der Waals surface area contributed by atoms with Crippen LogP contribution in [-0.2, 0) is 35.5 Å². The molecule has 2 amide bonds. The van der Waals surface area contributed by atoms with Gasteiger partial charge in [0, 0.05) is 31.1 Å². The van der Waals surface area contributed by atoms with Gasteiger partial charge in [-0.15, -0.1) is 11.3 Å². The monoisotopic (exact) mass is 493 g/mol. The summed E-state index contributed by atoms with van der Waals surface area (Å²) >= 11 is 7.22. The van der Waals surface area contributed by atoms with Gasteiger partial charge in [0.1, 0.15) is 12.1 Å². The third kappa shape index (κ3) is 6.62. The third-order valence-corrected chi connectivity index (χ3v) is 7.95. The Hall–Kier alpha value is -1.24. The standard InChI is InChI=1S/C19H28ClN3O6S2/c1-2-28-13-16(19(25)22-8-10-29-11-9-22)23-7-5-15(18(23)24)21-31(26,27)12-6-14-3-4-17(20)30-14/h3-4,15-16,21H,2,5-13H2,1H3/t15-,16-/m0/s1. The number of thiophene rings is 1. The smallest absolute Gasteiger partial charge is 0.247 e. The normalized spacial score (nSPS) is 21.0. The molecule has 0 aromatic carbocycles. The molecule has 12 heteroatoms. The van der Waals surface area contributed by atoms with E-state index in [1.54, 1.807) is 17.0 Å². The number of hydrogen-bond donors (Lipinski definition) is 1. The second kappa shape index (κ2) is 11.1. The maximum atomic E-state index is 13.0. The molecule has 1 aromatic heterocycles. The topological polar surface area (TPSA) is 105 Å². The van der Waals surface area contributed by atoms with E-state index < -0.39 is 28.0 Å². The van der Waals surface area contributed by atoms with Gasteiger partial charge in [0.25, 0.3) is 0 Å². The van der Waals surface area contributed by atoms with E-state index in [9.17, 15) is 18.0 Å². The van der Waals surface area contributed by atoms with Crippen LogP contribution in [0.5, 0.6) is 0 Å². The Balaban J connectivity index is 1.61. The van der Waals surface area contributed by atoms with E-state index in [1.807, 2.05) is 6.92 Å². The molecule has 0 spiro atoms. The minimum atomic E-state index is -3.67. The van der Waals surface area contributed by atoms with Crippen LogP contribution in [0.4, 0.5) is 0 Å². The molecule has 2 aliphatic rings. The van der Waals surface area contributed by atoms with Crippen LogP contribution in [0.15, 0.2) is 12.1 Å². The number of hydrogen-bond acceptors (Lipinski definition) is 7. The zero-order valence-corrected chi connectivity index (χ0v) is 19.8. The molecule has 0 aliphatic carbocycles. The van der Waals surface area contributed by atoms with E-state index in [0.717, 1.165) is 4.88 Å². The first-order valence-electron chi connectivity index (χ1n) is 10.3. The van der Waals surface area contributed by atoms with Crippen molar-refractivity contribution in [3.63, 3.8) is 0 Å². The summed E-state index contributed by atoms with van der Waals surface area (Å²) in [6, 6.07) is 1.87. The van der Waals surface area contributed by atoms with E-state index in [4.69, 9.17) is 21.1 Å². The molecule has 0 unspecified atom stereocenters. The van der Waals surface area contributed by atoms with Crippen LogP contribution < -0.4 is 4.72 Å². The fraction of sp³-hybridized carbons (Fsp3) is 0.684. The number of carbonyl (C=O) groups is 2. The summed E-state index contributed by atoms with van der Waals surface area (Å²) in [5.74, 6) is -0.722. The van der Waals surface area contributed by atoms with Gasteiger partial charge < -0.3 is 19.3 Å². The number of aryl methyl sites for hydroxylation is 1. The third-order valence-electron chi connectivity index (χ3n) is 5.27. The van der Waals surface area contributed by atoms with E-state index >= 15 is 0 Å². The molecule has 31 heavy (non-hydrogen) atoms.